The van der Waals surface area contributed by atoms with E-state index in [-0.39, 0.29) is 5.78 Å². The van der Waals surface area contributed by atoms with E-state index in [0.29, 0.717) is 46.9 Å². The highest BCUT2D eigenvalue weighted by molar-refractivity contribution is 7.99. The van der Waals surface area contributed by atoms with Crippen LogP contribution in [0.25, 0.3) is 6.08 Å². The Morgan fingerprint density at radius 1 is 1.07 bits per heavy atom. The van der Waals surface area contributed by atoms with Crippen LogP contribution in [0.2, 0.25) is 0 Å². The summed E-state index contributed by atoms with van der Waals surface area (Å²) in [5, 5.41) is 0. The first-order chi connectivity index (χ1) is 14.6. The lowest BCUT2D eigenvalue weighted by Gasteiger charge is -2.13. The summed E-state index contributed by atoms with van der Waals surface area (Å²) in [5.41, 5.74) is 1.23. The molecule has 0 N–H and O–H groups in total. The van der Waals surface area contributed by atoms with E-state index in [0.717, 1.165) is 23.3 Å². The average Bonchev–Trinajstić information content (AvgIpc) is 3.23. The number of hydrogen-bond donors (Lipinski definition) is 0. The summed E-state index contributed by atoms with van der Waals surface area (Å²) >= 11 is 1.59. The SMILES string of the molecule is CCCCOc1cc2c(cc1C(=O)C=Cc1cc(OC)c(OC)c(OC)c1)OCS2. The second-order valence-corrected chi connectivity index (χ2v) is 7.52. The zero-order valence-electron chi connectivity index (χ0n) is 17.7. The molecule has 160 valence electrons. The van der Waals surface area contributed by atoms with Crippen molar-refractivity contribution < 1.29 is 28.5 Å². The van der Waals surface area contributed by atoms with Crippen molar-refractivity contribution in [2.24, 2.45) is 0 Å². The van der Waals surface area contributed by atoms with Gasteiger partial charge in [-0.25, -0.2) is 0 Å². The zero-order valence-corrected chi connectivity index (χ0v) is 18.5. The summed E-state index contributed by atoms with van der Waals surface area (Å²) in [6.45, 7) is 2.67. The fourth-order valence-electron chi connectivity index (χ4n) is 3.02. The van der Waals surface area contributed by atoms with Crippen LogP contribution < -0.4 is 23.7 Å². The number of carbonyl (C=O) groups excluding carboxylic acids is 1. The van der Waals surface area contributed by atoms with Gasteiger partial charge in [-0.1, -0.05) is 31.2 Å². The lowest BCUT2D eigenvalue weighted by atomic mass is 10.1. The predicted molar refractivity (Wildman–Crippen MR) is 118 cm³/mol. The summed E-state index contributed by atoms with van der Waals surface area (Å²) in [5.74, 6) is 3.22. The largest absolute Gasteiger partial charge is 0.493 e. The highest BCUT2D eigenvalue weighted by atomic mass is 32.2. The van der Waals surface area contributed by atoms with Gasteiger partial charge >= 0.3 is 0 Å². The molecular weight excluding hydrogens is 404 g/mol. The lowest BCUT2D eigenvalue weighted by molar-refractivity contribution is 0.104. The third kappa shape index (κ3) is 4.84. The Balaban J connectivity index is 1.89. The maximum absolute atomic E-state index is 13.0. The molecule has 0 radical (unpaired) electrons. The van der Waals surface area contributed by atoms with Gasteiger partial charge in [0.05, 0.1) is 38.4 Å². The van der Waals surface area contributed by atoms with Crippen LogP contribution >= 0.6 is 11.8 Å². The molecule has 0 aliphatic carbocycles. The molecule has 0 aromatic heterocycles. The first-order valence-electron chi connectivity index (χ1n) is 9.70. The maximum atomic E-state index is 13.0. The number of fused-ring (bicyclic) bond motifs is 1. The van der Waals surface area contributed by atoms with Crippen LogP contribution in [-0.2, 0) is 0 Å². The molecule has 0 unspecified atom stereocenters. The van der Waals surface area contributed by atoms with Gasteiger partial charge in [0.15, 0.2) is 17.3 Å². The van der Waals surface area contributed by atoms with Crippen LogP contribution in [-0.4, -0.2) is 39.7 Å². The molecule has 2 aromatic rings. The Labute approximate surface area is 181 Å². The molecule has 7 heteroatoms. The number of ether oxygens (including phenoxy) is 5. The van der Waals surface area contributed by atoms with E-state index in [2.05, 4.69) is 6.92 Å². The van der Waals surface area contributed by atoms with Crippen molar-refractivity contribution in [3.05, 3.63) is 41.5 Å². The highest BCUT2D eigenvalue weighted by Crippen LogP contribution is 2.41. The fraction of sp³-hybridized carbons (Fsp3) is 0.348. The van der Waals surface area contributed by atoms with Gasteiger partial charge < -0.3 is 23.7 Å². The molecule has 3 rings (SSSR count). The fourth-order valence-corrected chi connectivity index (χ4v) is 3.78. The molecule has 1 aliphatic heterocycles. The minimum absolute atomic E-state index is 0.168. The quantitative estimate of drug-likeness (QED) is 0.290. The third-order valence-corrected chi connectivity index (χ3v) is 5.48. The number of hydrogen-bond acceptors (Lipinski definition) is 7. The van der Waals surface area contributed by atoms with E-state index in [1.165, 1.54) is 6.08 Å². The summed E-state index contributed by atoms with van der Waals surface area (Å²) in [4.78, 5) is 14.0. The Morgan fingerprint density at radius 2 is 1.80 bits per heavy atom. The van der Waals surface area contributed by atoms with Gasteiger partial charge in [0.1, 0.15) is 17.4 Å². The van der Waals surface area contributed by atoms with Gasteiger partial charge in [-0.3, -0.25) is 4.79 Å². The summed E-state index contributed by atoms with van der Waals surface area (Å²) in [6, 6.07) is 7.22. The molecule has 0 amide bonds. The number of benzene rings is 2. The summed E-state index contributed by atoms with van der Waals surface area (Å²) < 4.78 is 27.6. The molecule has 0 saturated heterocycles. The molecule has 0 atom stereocenters. The number of rotatable bonds is 10. The van der Waals surface area contributed by atoms with Crippen molar-refractivity contribution >= 4 is 23.6 Å². The van der Waals surface area contributed by atoms with Crippen LogP contribution in [0.5, 0.6) is 28.7 Å². The summed E-state index contributed by atoms with van der Waals surface area (Å²) in [7, 11) is 4.66. The van der Waals surface area contributed by atoms with E-state index in [1.807, 2.05) is 6.07 Å². The van der Waals surface area contributed by atoms with Crippen molar-refractivity contribution in [1.82, 2.24) is 0 Å². The number of carbonyl (C=O) groups is 1. The van der Waals surface area contributed by atoms with Crippen molar-refractivity contribution in [2.75, 3.05) is 33.9 Å². The second-order valence-electron chi connectivity index (χ2n) is 6.56. The standard InChI is InChI=1S/C23H26O6S/c1-5-6-9-28-18-13-22-19(29-14-30-22)12-16(18)17(24)8-7-15-10-20(25-2)23(27-4)21(11-15)26-3/h7-8,10-13H,5-6,9,14H2,1-4H3. The molecule has 0 saturated carbocycles. The molecule has 0 spiro atoms. The van der Waals surface area contributed by atoms with Gasteiger partial charge in [0.2, 0.25) is 5.75 Å². The van der Waals surface area contributed by atoms with Crippen molar-refractivity contribution in [1.29, 1.82) is 0 Å². The molecular formula is C23H26O6S. The van der Waals surface area contributed by atoms with Gasteiger partial charge in [0.25, 0.3) is 0 Å². The van der Waals surface area contributed by atoms with Crippen LogP contribution in [0.1, 0.15) is 35.7 Å². The minimum Gasteiger partial charge on any atom is -0.493 e. The van der Waals surface area contributed by atoms with Crippen LogP contribution in [0.3, 0.4) is 0 Å². The van der Waals surface area contributed by atoms with E-state index >= 15 is 0 Å². The smallest absolute Gasteiger partial charge is 0.203 e. The van der Waals surface area contributed by atoms with E-state index in [1.54, 1.807) is 57.4 Å². The van der Waals surface area contributed by atoms with Crippen LogP contribution in [0.4, 0.5) is 0 Å². The lowest BCUT2D eigenvalue weighted by Crippen LogP contribution is -2.04. The molecule has 1 aliphatic rings. The zero-order chi connectivity index (χ0) is 21.5. The highest BCUT2D eigenvalue weighted by Gasteiger charge is 2.20. The number of unbranched alkanes of at least 4 members (excludes halogenated alkanes) is 1. The molecule has 6 nitrogen and oxygen atoms in total. The molecule has 1 heterocycles. The van der Waals surface area contributed by atoms with Crippen molar-refractivity contribution in [3.8, 4) is 28.7 Å². The maximum Gasteiger partial charge on any atom is 0.203 e. The van der Waals surface area contributed by atoms with Crippen molar-refractivity contribution in [2.45, 2.75) is 24.7 Å². The second kappa shape index (κ2) is 10.3. The normalized spacial score (nSPS) is 12.4. The Morgan fingerprint density at radius 3 is 2.43 bits per heavy atom. The first-order valence-corrected chi connectivity index (χ1v) is 10.7. The van der Waals surface area contributed by atoms with E-state index in [9.17, 15) is 4.79 Å². The van der Waals surface area contributed by atoms with E-state index < -0.39 is 0 Å². The van der Waals surface area contributed by atoms with Crippen molar-refractivity contribution in [3.63, 3.8) is 0 Å². The minimum atomic E-state index is -0.168. The van der Waals surface area contributed by atoms with Gasteiger partial charge in [0, 0.05) is 0 Å². The third-order valence-electron chi connectivity index (χ3n) is 4.61. The molecule has 2 aromatic carbocycles. The molecule has 0 fully saturated rings. The summed E-state index contributed by atoms with van der Waals surface area (Å²) in [6.07, 6.45) is 5.17. The van der Waals surface area contributed by atoms with E-state index in [4.69, 9.17) is 23.7 Å². The Kier molecular flexibility index (Phi) is 7.52. The average molecular weight is 431 g/mol. The number of methoxy groups -OCH3 is 3. The van der Waals surface area contributed by atoms with Gasteiger partial charge in [-0.05, 0) is 42.3 Å². The van der Waals surface area contributed by atoms with Crippen LogP contribution in [0.15, 0.2) is 35.2 Å². The Hall–Kier alpha value is -2.80. The Bertz CT molecular complexity index is 913. The molecule has 0 bridgehead atoms. The van der Waals surface area contributed by atoms with Crippen LogP contribution in [0, 0.1) is 0 Å². The molecule has 30 heavy (non-hydrogen) atoms. The number of thioether (sulfide) groups is 1. The number of allylic oxidation sites excluding steroid dienone is 1. The van der Waals surface area contributed by atoms with Gasteiger partial charge in [-0.15, -0.1) is 0 Å². The monoisotopic (exact) mass is 430 g/mol. The predicted octanol–water partition coefficient (Wildman–Crippen LogP) is 5.23. The first kappa shape index (κ1) is 21.9. The number of ketones is 1. The topological polar surface area (TPSA) is 63.2 Å². The van der Waals surface area contributed by atoms with Gasteiger partial charge in [-0.2, -0.15) is 0 Å².